The maximum absolute atomic E-state index is 14.3. The highest BCUT2D eigenvalue weighted by atomic mass is 19.4. The van der Waals surface area contributed by atoms with Crippen molar-refractivity contribution in [2.45, 2.75) is 58.1 Å². The highest BCUT2D eigenvalue weighted by molar-refractivity contribution is 5.96. The Morgan fingerprint density at radius 1 is 1.08 bits per heavy atom. The van der Waals surface area contributed by atoms with Crippen LogP contribution in [0.25, 0.3) is 11.2 Å². The monoisotopic (exact) mass is 681 g/mol. The summed E-state index contributed by atoms with van der Waals surface area (Å²) in [5, 5.41) is 13.2. The molecular weight excluding hydrogens is 647 g/mol. The van der Waals surface area contributed by atoms with Crippen LogP contribution < -0.4 is 25.3 Å². The average Bonchev–Trinajstić information content (AvgIpc) is 3.03. The molecule has 1 saturated heterocycles. The quantitative estimate of drug-likeness (QED) is 0.281. The molecule has 2 N–H and O–H groups in total. The molecule has 0 radical (unpaired) electrons. The Bertz CT molecular complexity index is 1980. The van der Waals surface area contributed by atoms with E-state index in [9.17, 15) is 32.7 Å². The number of carbonyl (C=O) groups is 2. The van der Waals surface area contributed by atoms with Gasteiger partial charge in [-0.25, -0.2) is 19.9 Å². The minimum atomic E-state index is -4.85. The number of aryl methyl sites for hydroxylation is 1. The largest absolute Gasteiger partial charge is 0.573 e. The maximum Gasteiger partial charge on any atom is 0.573 e. The van der Waals surface area contributed by atoms with Crippen molar-refractivity contribution < 1.29 is 32.6 Å². The Hall–Kier alpha value is -5.48. The number of ether oxygens (including phenoxy) is 1. The Morgan fingerprint density at radius 3 is 2.43 bits per heavy atom. The molecule has 1 aliphatic carbocycles. The Kier molecular flexibility index (Phi) is 8.77. The van der Waals surface area contributed by atoms with E-state index in [2.05, 4.69) is 30.0 Å². The lowest BCUT2D eigenvalue weighted by molar-refractivity contribution is -0.274. The highest BCUT2D eigenvalue weighted by Crippen LogP contribution is 2.38. The van der Waals surface area contributed by atoms with E-state index in [1.54, 1.807) is 35.4 Å². The van der Waals surface area contributed by atoms with E-state index >= 15 is 0 Å². The molecule has 1 saturated carbocycles. The number of hydrogen-bond donors (Lipinski definition) is 2. The number of anilines is 3. The summed E-state index contributed by atoms with van der Waals surface area (Å²) in [7, 11) is 3.53. The fourth-order valence-electron chi connectivity index (χ4n) is 6.37. The molecule has 0 bridgehead atoms. The summed E-state index contributed by atoms with van der Waals surface area (Å²) in [6, 6.07) is 4.29. The summed E-state index contributed by atoms with van der Waals surface area (Å²) in [6.07, 6.45) is -0.385. The lowest BCUT2D eigenvalue weighted by atomic mass is 9.81. The Labute approximate surface area is 278 Å². The van der Waals surface area contributed by atoms with Gasteiger partial charge in [0.05, 0.1) is 17.9 Å². The predicted molar refractivity (Wildman–Crippen MR) is 173 cm³/mol. The second-order valence-corrected chi connectivity index (χ2v) is 12.0. The number of pyridine rings is 1. The molecule has 14 nitrogen and oxygen atoms in total. The second-order valence-electron chi connectivity index (χ2n) is 12.0. The first-order valence-corrected chi connectivity index (χ1v) is 15.6. The molecule has 1 aliphatic heterocycles. The lowest BCUT2D eigenvalue weighted by Crippen LogP contribution is -2.67. The third kappa shape index (κ3) is 6.39. The fraction of sp³-hybridized carbons (Fsp3) is 0.406. The average molecular weight is 682 g/mol. The number of benzene rings is 1. The molecule has 0 spiro atoms. The molecule has 258 valence electrons. The molecule has 2 atom stereocenters. The normalized spacial score (nSPS) is 17.4. The maximum atomic E-state index is 14.3. The van der Waals surface area contributed by atoms with E-state index in [4.69, 9.17) is 0 Å². The smallest absolute Gasteiger partial charge is 0.504 e. The van der Waals surface area contributed by atoms with Crippen LogP contribution in [0.1, 0.15) is 41.6 Å². The number of fused-ring (bicyclic) bond motifs is 2. The van der Waals surface area contributed by atoms with Crippen molar-refractivity contribution in [3.8, 4) is 11.5 Å². The van der Waals surface area contributed by atoms with Crippen molar-refractivity contribution in [2.24, 2.45) is 0 Å². The Morgan fingerprint density at radius 2 is 1.80 bits per heavy atom. The number of alkyl halides is 3. The number of nitrogens with one attached hydrogen (secondary N) is 1. The molecule has 49 heavy (non-hydrogen) atoms. The zero-order valence-electron chi connectivity index (χ0n) is 27.2. The van der Waals surface area contributed by atoms with Crippen LogP contribution in [0.15, 0.2) is 41.6 Å². The number of carbonyl (C=O) groups excluding carboxylic acids is 2. The molecule has 2 aliphatic rings. The van der Waals surface area contributed by atoms with E-state index in [0.717, 1.165) is 12.1 Å². The summed E-state index contributed by atoms with van der Waals surface area (Å²) in [5.41, 5.74) is 1.29. The number of aromatic hydroxyl groups is 1. The number of amides is 2. The molecule has 1 aromatic carbocycles. The minimum absolute atomic E-state index is 0.0654. The third-order valence-corrected chi connectivity index (χ3v) is 8.83. The number of hydrogen-bond acceptors (Lipinski definition) is 11. The summed E-state index contributed by atoms with van der Waals surface area (Å²) < 4.78 is 43.3. The van der Waals surface area contributed by atoms with Crippen LogP contribution in [0.3, 0.4) is 0 Å². The second kappa shape index (κ2) is 12.9. The van der Waals surface area contributed by atoms with Crippen LogP contribution in [-0.2, 0) is 17.8 Å². The first kappa shape index (κ1) is 33.4. The molecule has 4 heterocycles. The van der Waals surface area contributed by atoms with E-state index in [1.165, 1.54) is 24.7 Å². The summed E-state index contributed by atoms with van der Waals surface area (Å²) in [6.45, 7) is 3.72. The minimum Gasteiger partial charge on any atom is -0.504 e. The van der Waals surface area contributed by atoms with E-state index < -0.39 is 23.9 Å². The number of halogens is 3. The van der Waals surface area contributed by atoms with Crippen molar-refractivity contribution in [2.75, 3.05) is 42.3 Å². The number of nitrogens with zero attached hydrogens (tertiary/aromatic N) is 8. The van der Waals surface area contributed by atoms with E-state index in [0.29, 0.717) is 48.7 Å². The standard InChI is InChI=1S/C32H34F3N9O5/c1-5-20-27(42-12-13-43(22-11-10-21(22)42)31(48)26-28(46)17(2)37-16-38-26)29(47)25-30(36-14-23(40-25)41(3)4)44(20)15-24(45)39-18-6-8-19(9-7-18)49-32(33,34)35/h6-9,14,16,21-22,46H,5,10-13,15H2,1-4H3,(H,39,45)/t21-,22-/m0/s1. The topological polar surface area (TPSA) is 159 Å². The highest BCUT2D eigenvalue weighted by Gasteiger charge is 2.47. The van der Waals surface area contributed by atoms with Gasteiger partial charge in [-0.2, -0.15) is 0 Å². The van der Waals surface area contributed by atoms with Crippen molar-refractivity contribution in [1.82, 2.24) is 29.4 Å². The fourth-order valence-corrected chi connectivity index (χ4v) is 6.37. The number of rotatable bonds is 8. The van der Waals surface area contributed by atoms with Crippen LogP contribution in [0.4, 0.5) is 30.4 Å². The lowest BCUT2D eigenvalue weighted by Gasteiger charge is -2.54. The zero-order chi connectivity index (χ0) is 35.2. The summed E-state index contributed by atoms with van der Waals surface area (Å²) in [4.78, 5) is 63.8. The Balaban J connectivity index is 1.35. The first-order chi connectivity index (χ1) is 23.3. The van der Waals surface area contributed by atoms with Crippen LogP contribution in [0.5, 0.6) is 11.5 Å². The van der Waals surface area contributed by atoms with Crippen molar-refractivity contribution >= 4 is 40.2 Å². The van der Waals surface area contributed by atoms with Gasteiger partial charge in [-0.1, -0.05) is 6.92 Å². The van der Waals surface area contributed by atoms with Gasteiger partial charge in [0.25, 0.3) is 5.91 Å². The van der Waals surface area contributed by atoms with Gasteiger partial charge in [0, 0.05) is 44.6 Å². The molecule has 0 unspecified atom stereocenters. The molecule has 6 rings (SSSR count). The van der Waals surface area contributed by atoms with Crippen LogP contribution >= 0.6 is 0 Å². The zero-order valence-corrected chi connectivity index (χ0v) is 27.2. The van der Waals surface area contributed by atoms with Gasteiger partial charge in [-0.3, -0.25) is 14.4 Å². The first-order valence-electron chi connectivity index (χ1n) is 15.6. The SMILES string of the molecule is CCc1c(N2CCN(C(=O)c3ncnc(C)c3O)[C@H]3CC[C@@H]32)c(=O)c2nc(N(C)C)cnc2n1CC(=O)Nc1ccc(OC(F)(F)F)cc1. The van der Waals surface area contributed by atoms with Crippen molar-refractivity contribution in [1.29, 1.82) is 0 Å². The van der Waals surface area contributed by atoms with Gasteiger partial charge < -0.3 is 34.4 Å². The van der Waals surface area contributed by atoms with Crippen LogP contribution in [-0.4, -0.2) is 92.0 Å². The number of aromatic nitrogens is 5. The summed E-state index contributed by atoms with van der Waals surface area (Å²) in [5.74, 6) is -1.18. The van der Waals surface area contributed by atoms with Crippen molar-refractivity contribution in [3.05, 3.63) is 64.1 Å². The van der Waals surface area contributed by atoms with Gasteiger partial charge in [-0.05, 0) is 50.5 Å². The van der Waals surface area contributed by atoms with Gasteiger partial charge >= 0.3 is 6.36 Å². The predicted octanol–water partition coefficient (Wildman–Crippen LogP) is 3.25. The van der Waals surface area contributed by atoms with Crippen LogP contribution in [0, 0.1) is 6.92 Å². The molecule has 3 aromatic heterocycles. The number of piperazine rings is 1. The molecular formula is C32H34F3N9O5. The molecule has 2 amide bonds. The third-order valence-electron chi connectivity index (χ3n) is 8.83. The van der Waals surface area contributed by atoms with Gasteiger partial charge in [0.15, 0.2) is 22.6 Å². The summed E-state index contributed by atoms with van der Waals surface area (Å²) >= 11 is 0. The van der Waals surface area contributed by atoms with Gasteiger partial charge in [-0.15, -0.1) is 13.2 Å². The van der Waals surface area contributed by atoms with E-state index in [-0.39, 0.29) is 58.9 Å². The van der Waals surface area contributed by atoms with Gasteiger partial charge in [0.1, 0.15) is 30.1 Å². The van der Waals surface area contributed by atoms with E-state index in [1.807, 2.05) is 11.8 Å². The molecule has 4 aromatic rings. The van der Waals surface area contributed by atoms with Crippen molar-refractivity contribution in [3.63, 3.8) is 0 Å². The molecule has 2 fully saturated rings. The molecule has 17 heteroatoms. The van der Waals surface area contributed by atoms with Crippen LogP contribution in [0.2, 0.25) is 0 Å². The van der Waals surface area contributed by atoms with Gasteiger partial charge in [0.2, 0.25) is 11.3 Å².